The predicted octanol–water partition coefficient (Wildman–Crippen LogP) is 3.62. The van der Waals surface area contributed by atoms with Gasteiger partial charge in [0.15, 0.2) is 0 Å². The van der Waals surface area contributed by atoms with Crippen LogP contribution in [-0.4, -0.2) is 18.9 Å². The van der Waals surface area contributed by atoms with Gasteiger partial charge in [0, 0.05) is 24.2 Å². The number of methoxy groups -OCH3 is 1. The first kappa shape index (κ1) is 18.7. The summed E-state index contributed by atoms with van der Waals surface area (Å²) in [5, 5.41) is 7.63. The summed E-state index contributed by atoms with van der Waals surface area (Å²) in [4.78, 5) is 25.0. The minimum absolute atomic E-state index is 0.0939. The van der Waals surface area contributed by atoms with Gasteiger partial charge in [0.2, 0.25) is 0 Å². The normalized spacial score (nSPS) is 10.3. The first-order chi connectivity index (χ1) is 13.2. The van der Waals surface area contributed by atoms with Crippen LogP contribution in [-0.2, 0) is 13.1 Å². The highest BCUT2D eigenvalue weighted by Crippen LogP contribution is 2.17. The summed E-state index contributed by atoms with van der Waals surface area (Å²) in [6, 6.07) is 18.4. The van der Waals surface area contributed by atoms with E-state index >= 15 is 0 Å². The molecule has 2 amide bonds. The number of carbonyl (C=O) groups excluding carboxylic acids is 2. The maximum absolute atomic E-state index is 12.3. The molecule has 0 bridgehead atoms. The standard InChI is InChI=1S/C21H20N2O3S/c1-26-18-6-3-2-5-17(18)14-23-20(24)16-10-8-15(9-11-16)13-22-21(25)19-7-4-12-27-19/h2-12H,13-14H2,1H3,(H,22,25)(H,23,24). The average Bonchev–Trinajstić information content (AvgIpc) is 3.26. The van der Waals surface area contributed by atoms with Gasteiger partial charge >= 0.3 is 0 Å². The van der Waals surface area contributed by atoms with Gasteiger partial charge in [-0.1, -0.05) is 36.4 Å². The fourth-order valence-electron chi connectivity index (χ4n) is 2.58. The van der Waals surface area contributed by atoms with Crippen molar-refractivity contribution in [3.63, 3.8) is 0 Å². The van der Waals surface area contributed by atoms with Crippen LogP contribution in [0, 0.1) is 0 Å². The topological polar surface area (TPSA) is 67.4 Å². The number of rotatable bonds is 7. The van der Waals surface area contributed by atoms with Gasteiger partial charge in [-0.3, -0.25) is 9.59 Å². The largest absolute Gasteiger partial charge is 0.496 e. The summed E-state index contributed by atoms with van der Waals surface area (Å²) in [7, 11) is 1.61. The van der Waals surface area contributed by atoms with Gasteiger partial charge in [-0.15, -0.1) is 11.3 Å². The molecule has 1 aromatic heterocycles. The van der Waals surface area contributed by atoms with Gasteiger partial charge in [-0.25, -0.2) is 0 Å². The zero-order chi connectivity index (χ0) is 19.1. The summed E-state index contributed by atoms with van der Waals surface area (Å²) in [6.45, 7) is 0.807. The number of carbonyl (C=O) groups is 2. The van der Waals surface area contributed by atoms with Crippen molar-refractivity contribution < 1.29 is 14.3 Å². The molecule has 0 aliphatic carbocycles. The van der Waals surface area contributed by atoms with Crippen molar-refractivity contribution in [2.24, 2.45) is 0 Å². The zero-order valence-electron chi connectivity index (χ0n) is 14.9. The Hall–Kier alpha value is -3.12. The van der Waals surface area contributed by atoms with Crippen molar-refractivity contribution in [1.29, 1.82) is 0 Å². The Kier molecular flexibility index (Phi) is 6.22. The number of benzene rings is 2. The van der Waals surface area contributed by atoms with E-state index in [-0.39, 0.29) is 11.8 Å². The van der Waals surface area contributed by atoms with Crippen molar-refractivity contribution in [2.45, 2.75) is 13.1 Å². The number of hydrogen-bond donors (Lipinski definition) is 2. The third-order valence-electron chi connectivity index (χ3n) is 4.05. The van der Waals surface area contributed by atoms with E-state index in [1.165, 1.54) is 11.3 Å². The molecule has 6 heteroatoms. The Morgan fingerprint density at radius 2 is 1.63 bits per heavy atom. The molecule has 0 fully saturated rings. The van der Waals surface area contributed by atoms with Gasteiger partial charge in [-0.2, -0.15) is 0 Å². The van der Waals surface area contributed by atoms with Crippen LogP contribution in [0.4, 0.5) is 0 Å². The number of ether oxygens (including phenoxy) is 1. The van der Waals surface area contributed by atoms with Gasteiger partial charge in [0.25, 0.3) is 11.8 Å². The highest BCUT2D eigenvalue weighted by Gasteiger charge is 2.09. The Morgan fingerprint density at radius 1 is 0.889 bits per heavy atom. The van der Waals surface area contributed by atoms with Crippen LogP contribution < -0.4 is 15.4 Å². The van der Waals surface area contributed by atoms with Crippen molar-refractivity contribution in [1.82, 2.24) is 10.6 Å². The zero-order valence-corrected chi connectivity index (χ0v) is 15.7. The van der Waals surface area contributed by atoms with Crippen molar-refractivity contribution >= 4 is 23.2 Å². The first-order valence-electron chi connectivity index (χ1n) is 8.48. The molecule has 0 atom stereocenters. The number of amides is 2. The summed E-state index contributed by atoms with van der Waals surface area (Å²) < 4.78 is 5.29. The van der Waals surface area contributed by atoms with Gasteiger partial charge in [-0.05, 0) is 35.2 Å². The molecule has 3 rings (SSSR count). The van der Waals surface area contributed by atoms with E-state index in [0.717, 1.165) is 16.9 Å². The Balaban J connectivity index is 1.53. The first-order valence-corrected chi connectivity index (χ1v) is 9.36. The highest BCUT2D eigenvalue weighted by atomic mass is 32.1. The molecule has 1 heterocycles. The van der Waals surface area contributed by atoms with E-state index in [2.05, 4.69) is 10.6 Å². The number of para-hydroxylation sites is 1. The van der Waals surface area contributed by atoms with E-state index in [9.17, 15) is 9.59 Å². The molecule has 0 aliphatic heterocycles. The van der Waals surface area contributed by atoms with E-state index in [1.807, 2.05) is 47.8 Å². The molecule has 0 radical (unpaired) electrons. The molecule has 3 aromatic rings. The lowest BCUT2D eigenvalue weighted by Gasteiger charge is -2.10. The SMILES string of the molecule is COc1ccccc1CNC(=O)c1ccc(CNC(=O)c2cccs2)cc1. The van der Waals surface area contributed by atoms with Crippen molar-refractivity contribution in [2.75, 3.05) is 7.11 Å². The molecule has 0 spiro atoms. The maximum atomic E-state index is 12.3. The predicted molar refractivity (Wildman–Crippen MR) is 106 cm³/mol. The van der Waals surface area contributed by atoms with Crippen LogP contribution in [0.1, 0.15) is 31.2 Å². The average molecular weight is 380 g/mol. The molecule has 27 heavy (non-hydrogen) atoms. The molecule has 5 nitrogen and oxygen atoms in total. The lowest BCUT2D eigenvalue weighted by atomic mass is 10.1. The van der Waals surface area contributed by atoms with Crippen LogP contribution in [0.3, 0.4) is 0 Å². The molecule has 0 saturated heterocycles. The third-order valence-corrected chi connectivity index (χ3v) is 4.91. The van der Waals surface area contributed by atoms with Crippen LogP contribution in [0.25, 0.3) is 0 Å². The summed E-state index contributed by atoms with van der Waals surface area (Å²) in [5.74, 6) is 0.494. The Labute approximate surface area is 162 Å². The second-order valence-electron chi connectivity index (χ2n) is 5.85. The monoisotopic (exact) mass is 380 g/mol. The lowest BCUT2D eigenvalue weighted by Crippen LogP contribution is -2.23. The fraction of sp³-hybridized carbons (Fsp3) is 0.143. The summed E-state index contributed by atoms with van der Waals surface area (Å²) in [5.41, 5.74) is 2.42. The van der Waals surface area contributed by atoms with E-state index < -0.39 is 0 Å². The number of nitrogens with one attached hydrogen (secondary N) is 2. The van der Waals surface area contributed by atoms with Crippen LogP contribution >= 0.6 is 11.3 Å². The Morgan fingerprint density at radius 3 is 2.33 bits per heavy atom. The second-order valence-corrected chi connectivity index (χ2v) is 6.80. The molecule has 2 aromatic carbocycles. The lowest BCUT2D eigenvalue weighted by molar-refractivity contribution is 0.0943. The molecule has 2 N–H and O–H groups in total. The molecule has 138 valence electrons. The van der Waals surface area contributed by atoms with Crippen LogP contribution in [0.2, 0.25) is 0 Å². The molecular formula is C21H20N2O3S. The molecule has 0 aliphatic rings. The second kappa shape index (κ2) is 9.00. The maximum Gasteiger partial charge on any atom is 0.261 e. The molecule has 0 saturated carbocycles. The summed E-state index contributed by atoms with van der Waals surface area (Å²) in [6.07, 6.45) is 0. The quantitative estimate of drug-likeness (QED) is 0.658. The minimum atomic E-state index is -0.157. The fourth-order valence-corrected chi connectivity index (χ4v) is 3.22. The Bertz CT molecular complexity index is 905. The summed E-state index contributed by atoms with van der Waals surface area (Å²) >= 11 is 1.40. The third kappa shape index (κ3) is 4.95. The van der Waals surface area contributed by atoms with E-state index in [1.54, 1.807) is 25.3 Å². The molecule has 0 unspecified atom stereocenters. The highest BCUT2D eigenvalue weighted by molar-refractivity contribution is 7.12. The van der Waals surface area contributed by atoms with Crippen molar-refractivity contribution in [3.8, 4) is 5.75 Å². The van der Waals surface area contributed by atoms with Crippen LogP contribution in [0.5, 0.6) is 5.75 Å². The number of thiophene rings is 1. The van der Waals surface area contributed by atoms with Gasteiger partial charge in [0.05, 0.1) is 12.0 Å². The number of hydrogen-bond acceptors (Lipinski definition) is 4. The van der Waals surface area contributed by atoms with Gasteiger partial charge in [0.1, 0.15) is 5.75 Å². The van der Waals surface area contributed by atoms with E-state index in [0.29, 0.717) is 23.5 Å². The minimum Gasteiger partial charge on any atom is -0.496 e. The van der Waals surface area contributed by atoms with Crippen LogP contribution in [0.15, 0.2) is 66.0 Å². The molecular weight excluding hydrogens is 360 g/mol. The van der Waals surface area contributed by atoms with Crippen molar-refractivity contribution in [3.05, 3.63) is 87.6 Å². The smallest absolute Gasteiger partial charge is 0.261 e. The van der Waals surface area contributed by atoms with E-state index in [4.69, 9.17) is 4.74 Å². The van der Waals surface area contributed by atoms with Gasteiger partial charge < -0.3 is 15.4 Å².